The topological polar surface area (TPSA) is 124 Å². The molecule has 9 nitrogen and oxygen atoms in total. The Hall–Kier alpha value is -4.78. The van der Waals surface area contributed by atoms with Gasteiger partial charge in [-0.05, 0) is 55.3 Å². The standard InChI is InChI=1S/C29H28FN5O4/c1-4-6-24(36)20-10-11-22(30)26(27(20)39-28(37)18-7-5-8-19(13-18)35(2)3)21-14-23(21)33-29(38)34-25-12-9-17(15-31)16-32-25/h5,7-13,16,21,23H,4,6,14H2,1-3H3,(H2,32,33,34,38)/t21-,23+/m0/s1. The molecule has 0 saturated heterocycles. The van der Waals surface area contributed by atoms with Gasteiger partial charge in [0.05, 0.1) is 16.7 Å². The fourth-order valence-corrected chi connectivity index (χ4v) is 4.20. The van der Waals surface area contributed by atoms with Gasteiger partial charge in [-0.3, -0.25) is 10.1 Å². The molecule has 0 aliphatic heterocycles. The molecule has 1 aliphatic carbocycles. The molecule has 10 heteroatoms. The number of rotatable bonds is 9. The van der Waals surface area contributed by atoms with E-state index in [0.717, 1.165) is 5.69 Å². The first-order valence-corrected chi connectivity index (χ1v) is 12.5. The molecule has 0 bridgehead atoms. The Bertz CT molecular complexity index is 1450. The van der Waals surface area contributed by atoms with Gasteiger partial charge in [0, 0.05) is 49.9 Å². The molecule has 2 N–H and O–H groups in total. The second kappa shape index (κ2) is 11.7. The second-order valence-corrected chi connectivity index (χ2v) is 9.44. The lowest BCUT2D eigenvalue weighted by Crippen LogP contribution is -2.31. The Kier molecular flexibility index (Phi) is 8.20. The van der Waals surface area contributed by atoms with Gasteiger partial charge in [0.2, 0.25) is 0 Å². The second-order valence-electron chi connectivity index (χ2n) is 9.44. The number of hydrogen-bond acceptors (Lipinski definition) is 7. The predicted octanol–water partition coefficient (Wildman–Crippen LogP) is 5.04. The third-order valence-electron chi connectivity index (χ3n) is 6.33. The van der Waals surface area contributed by atoms with Crippen LogP contribution >= 0.6 is 0 Å². The van der Waals surface area contributed by atoms with Crippen molar-refractivity contribution in [3.8, 4) is 11.8 Å². The Morgan fingerprint density at radius 2 is 1.97 bits per heavy atom. The number of Topliss-reactive ketones (excluding diaryl/α,β-unsaturated/α-hetero) is 1. The largest absolute Gasteiger partial charge is 0.422 e. The molecular formula is C29H28FN5O4. The third kappa shape index (κ3) is 6.38. The molecule has 3 aromatic rings. The van der Waals surface area contributed by atoms with Crippen LogP contribution in [0.3, 0.4) is 0 Å². The summed E-state index contributed by atoms with van der Waals surface area (Å²) in [5.74, 6) is -1.98. The van der Waals surface area contributed by atoms with Gasteiger partial charge in [-0.1, -0.05) is 13.0 Å². The van der Waals surface area contributed by atoms with Gasteiger partial charge >= 0.3 is 12.0 Å². The van der Waals surface area contributed by atoms with Crippen LogP contribution < -0.4 is 20.3 Å². The lowest BCUT2D eigenvalue weighted by molar-refractivity contribution is 0.0730. The van der Waals surface area contributed by atoms with E-state index < -0.39 is 29.8 Å². The first kappa shape index (κ1) is 27.3. The number of nitriles is 1. The smallest absolute Gasteiger partial charge is 0.343 e. The summed E-state index contributed by atoms with van der Waals surface area (Å²) in [6, 6.07) is 13.3. The van der Waals surface area contributed by atoms with Gasteiger partial charge in [-0.2, -0.15) is 5.26 Å². The minimum Gasteiger partial charge on any atom is -0.422 e. The molecule has 200 valence electrons. The zero-order chi connectivity index (χ0) is 28.1. The number of anilines is 2. The average molecular weight is 530 g/mol. The van der Waals surface area contributed by atoms with Crippen LogP contribution in [-0.4, -0.2) is 42.9 Å². The highest BCUT2D eigenvalue weighted by Gasteiger charge is 2.44. The third-order valence-corrected chi connectivity index (χ3v) is 6.33. The number of ether oxygens (including phenoxy) is 1. The number of carbonyl (C=O) groups is 3. The van der Waals surface area contributed by atoms with Crippen molar-refractivity contribution in [2.75, 3.05) is 24.3 Å². The van der Waals surface area contributed by atoms with Crippen molar-refractivity contribution in [3.05, 3.63) is 82.8 Å². The Balaban J connectivity index is 1.58. The zero-order valence-corrected chi connectivity index (χ0v) is 21.8. The number of aromatic nitrogens is 1. The van der Waals surface area contributed by atoms with Crippen LogP contribution in [0, 0.1) is 17.1 Å². The molecule has 39 heavy (non-hydrogen) atoms. The zero-order valence-electron chi connectivity index (χ0n) is 21.8. The van der Waals surface area contributed by atoms with Gasteiger partial charge < -0.3 is 15.0 Å². The number of pyridine rings is 1. The predicted molar refractivity (Wildman–Crippen MR) is 144 cm³/mol. The SMILES string of the molecule is CCCC(=O)c1ccc(F)c([C@H]2C[C@H]2NC(=O)Nc2ccc(C#N)cn2)c1OC(=O)c1cccc(N(C)C)c1. The fourth-order valence-electron chi connectivity index (χ4n) is 4.20. The molecule has 2 aromatic carbocycles. The number of nitrogens with one attached hydrogen (secondary N) is 2. The summed E-state index contributed by atoms with van der Waals surface area (Å²) in [4.78, 5) is 44.4. The van der Waals surface area contributed by atoms with Crippen molar-refractivity contribution in [2.24, 2.45) is 0 Å². The molecule has 1 aliphatic rings. The lowest BCUT2D eigenvalue weighted by Gasteiger charge is -2.17. The van der Waals surface area contributed by atoms with Gasteiger partial charge in [0.15, 0.2) is 5.78 Å². The average Bonchev–Trinajstić information content (AvgIpc) is 3.67. The number of esters is 1. The molecule has 0 unspecified atom stereocenters. The van der Waals surface area contributed by atoms with Crippen LogP contribution in [0.25, 0.3) is 0 Å². The maximum absolute atomic E-state index is 15.2. The van der Waals surface area contributed by atoms with Gasteiger partial charge in [-0.15, -0.1) is 0 Å². The minimum absolute atomic E-state index is 0.0795. The van der Waals surface area contributed by atoms with Gasteiger partial charge in [0.25, 0.3) is 0 Å². The summed E-state index contributed by atoms with van der Waals surface area (Å²) < 4.78 is 21.0. The van der Waals surface area contributed by atoms with E-state index in [-0.39, 0.29) is 40.5 Å². The Morgan fingerprint density at radius 1 is 1.18 bits per heavy atom. The number of benzene rings is 2. The van der Waals surface area contributed by atoms with Crippen LogP contribution in [0.5, 0.6) is 5.75 Å². The Morgan fingerprint density at radius 3 is 2.64 bits per heavy atom. The summed E-state index contributed by atoms with van der Waals surface area (Å²) in [5.41, 5.74) is 1.59. The van der Waals surface area contributed by atoms with E-state index in [1.165, 1.54) is 30.5 Å². The maximum atomic E-state index is 15.2. The number of urea groups is 1. The highest BCUT2D eigenvalue weighted by atomic mass is 19.1. The summed E-state index contributed by atoms with van der Waals surface area (Å²) >= 11 is 0. The quantitative estimate of drug-likeness (QED) is 0.226. The van der Waals surface area contributed by atoms with E-state index in [0.29, 0.717) is 18.4 Å². The Labute approximate surface area is 225 Å². The number of amides is 2. The van der Waals surface area contributed by atoms with E-state index >= 15 is 4.39 Å². The summed E-state index contributed by atoms with van der Waals surface area (Å²) in [6.07, 6.45) is 2.49. The van der Waals surface area contributed by atoms with Crippen molar-refractivity contribution in [1.29, 1.82) is 5.26 Å². The summed E-state index contributed by atoms with van der Waals surface area (Å²) in [7, 11) is 3.68. The highest BCUT2D eigenvalue weighted by Crippen LogP contribution is 2.47. The van der Waals surface area contributed by atoms with Crippen LogP contribution in [0.2, 0.25) is 0 Å². The maximum Gasteiger partial charge on any atom is 0.343 e. The van der Waals surface area contributed by atoms with Crippen LogP contribution in [-0.2, 0) is 0 Å². The minimum atomic E-state index is -0.717. The van der Waals surface area contributed by atoms with E-state index in [1.807, 2.05) is 38.1 Å². The monoisotopic (exact) mass is 529 g/mol. The molecule has 2 atom stereocenters. The van der Waals surface area contributed by atoms with Crippen LogP contribution in [0.15, 0.2) is 54.7 Å². The van der Waals surface area contributed by atoms with Gasteiger partial charge in [-0.25, -0.2) is 19.0 Å². The molecule has 1 fully saturated rings. The van der Waals surface area contributed by atoms with E-state index in [9.17, 15) is 14.4 Å². The molecule has 1 aromatic heterocycles. The molecule has 1 heterocycles. The van der Waals surface area contributed by atoms with Crippen molar-refractivity contribution in [2.45, 2.75) is 38.1 Å². The van der Waals surface area contributed by atoms with Crippen LogP contribution in [0.4, 0.5) is 20.7 Å². The number of halogens is 1. The van der Waals surface area contributed by atoms with Crippen molar-refractivity contribution in [1.82, 2.24) is 10.3 Å². The number of nitrogens with zero attached hydrogens (tertiary/aromatic N) is 3. The number of hydrogen-bond donors (Lipinski definition) is 2. The number of ketones is 1. The van der Waals surface area contributed by atoms with Gasteiger partial charge in [0.1, 0.15) is 23.5 Å². The first-order chi connectivity index (χ1) is 18.7. The molecule has 2 amide bonds. The lowest BCUT2D eigenvalue weighted by atomic mass is 9.99. The summed E-state index contributed by atoms with van der Waals surface area (Å²) in [5, 5.41) is 14.2. The van der Waals surface area contributed by atoms with Crippen molar-refractivity contribution >= 4 is 29.3 Å². The summed E-state index contributed by atoms with van der Waals surface area (Å²) in [6.45, 7) is 1.85. The van der Waals surface area contributed by atoms with E-state index in [1.54, 1.807) is 18.2 Å². The molecule has 4 rings (SSSR count). The molecule has 0 spiro atoms. The normalized spacial score (nSPS) is 15.6. The highest BCUT2D eigenvalue weighted by molar-refractivity contribution is 6.01. The van der Waals surface area contributed by atoms with E-state index in [4.69, 9.17) is 10.00 Å². The number of carbonyl (C=O) groups excluding carboxylic acids is 3. The first-order valence-electron chi connectivity index (χ1n) is 12.5. The van der Waals surface area contributed by atoms with E-state index in [2.05, 4.69) is 15.6 Å². The molecule has 1 saturated carbocycles. The van der Waals surface area contributed by atoms with Crippen molar-refractivity contribution < 1.29 is 23.5 Å². The van der Waals surface area contributed by atoms with Crippen LogP contribution in [0.1, 0.15) is 63.9 Å². The molecule has 0 radical (unpaired) electrons. The molecular weight excluding hydrogens is 501 g/mol. The fraction of sp³-hybridized carbons (Fsp3) is 0.276. The van der Waals surface area contributed by atoms with Crippen molar-refractivity contribution in [3.63, 3.8) is 0 Å².